The van der Waals surface area contributed by atoms with Crippen molar-refractivity contribution >= 4 is 43.4 Å². The molecule has 2 aliphatic rings. The van der Waals surface area contributed by atoms with E-state index in [0.29, 0.717) is 25.9 Å². The number of amides is 2. The topological polar surface area (TPSA) is 254 Å². The molecule has 16 nitrogen and oxygen atoms in total. The van der Waals surface area contributed by atoms with Gasteiger partial charge in [0.05, 0.1) is 55.8 Å². The molecule has 4 rings (SSSR count). The van der Waals surface area contributed by atoms with E-state index in [1.165, 1.54) is 0 Å². The largest absolute Gasteiger partial charge is 0.394 e. The molecule has 2 aromatic carbocycles. The molecule has 2 aliphatic heterocycles. The van der Waals surface area contributed by atoms with E-state index in [0.717, 1.165) is 39.3 Å². The fourth-order valence-electron chi connectivity index (χ4n) is 8.05. The Morgan fingerprint density at radius 3 is 1.73 bits per heavy atom. The first-order valence-corrected chi connectivity index (χ1v) is 24.3. The van der Waals surface area contributed by atoms with Gasteiger partial charge in [-0.15, -0.1) is 0 Å². The van der Waals surface area contributed by atoms with Crippen molar-refractivity contribution in [1.29, 1.82) is 0 Å². The number of fused-ring (bicyclic) bond motifs is 2. The van der Waals surface area contributed by atoms with Crippen LogP contribution < -0.4 is 20.4 Å². The Balaban J connectivity index is 1.54. The molecule has 0 radical (unpaired) electrons. The fraction of sp³-hybridized carbons (Fsp3) is 0.511. The third kappa shape index (κ3) is 14.8. The Hall–Kier alpha value is -4.40. The second-order valence-corrected chi connectivity index (χ2v) is 20.3. The Morgan fingerprint density at radius 1 is 0.698 bits per heavy atom. The summed E-state index contributed by atoms with van der Waals surface area (Å²) in [6.07, 6.45) is 13.2. The molecule has 63 heavy (non-hydrogen) atoms. The van der Waals surface area contributed by atoms with Crippen molar-refractivity contribution in [3.63, 3.8) is 0 Å². The first kappa shape index (κ1) is 51.2. The number of anilines is 2. The molecule has 0 bridgehead atoms. The highest BCUT2D eigenvalue weighted by Crippen LogP contribution is 2.49. The number of aliphatic hydroxyl groups is 4. The second-order valence-electron chi connectivity index (χ2n) is 17.2. The van der Waals surface area contributed by atoms with E-state index in [1.54, 1.807) is 0 Å². The van der Waals surface area contributed by atoms with Crippen LogP contribution in [-0.2, 0) is 53.5 Å². The Labute approximate surface area is 371 Å². The van der Waals surface area contributed by atoms with Gasteiger partial charge in [0.1, 0.15) is 0 Å². The zero-order valence-corrected chi connectivity index (χ0v) is 38.1. The lowest BCUT2D eigenvalue weighted by molar-refractivity contribution is -0.121. The summed E-state index contributed by atoms with van der Waals surface area (Å²) in [5, 5.41) is 42.7. The van der Waals surface area contributed by atoms with Gasteiger partial charge in [-0.1, -0.05) is 88.4 Å². The van der Waals surface area contributed by atoms with Crippen molar-refractivity contribution in [3.05, 3.63) is 107 Å². The van der Waals surface area contributed by atoms with Crippen LogP contribution in [0.25, 0.3) is 0 Å². The molecule has 0 aliphatic carbocycles. The summed E-state index contributed by atoms with van der Waals surface area (Å²) in [6, 6.07) is 11.4. The Morgan fingerprint density at radius 2 is 1.19 bits per heavy atom. The number of hydrogen-bond donors (Lipinski definition) is 8. The van der Waals surface area contributed by atoms with Crippen molar-refractivity contribution in [3.8, 4) is 0 Å². The summed E-state index contributed by atoms with van der Waals surface area (Å²) in [4.78, 5) is 29.5. The smallest absolute Gasteiger partial charge is 0.264 e. The van der Waals surface area contributed by atoms with Crippen LogP contribution in [0.2, 0.25) is 0 Å². The number of hydrogen-bond acceptors (Lipinski definition) is 12. The molecule has 2 amide bonds. The maximum absolute atomic E-state index is 12.6. The second kappa shape index (κ2) is 22.5. The molecule has 0 saturated carbocycles. The quantitative estimate of drug-likeness (QED) is 0.0429. The number of aliphatic hydroxyl groups excluding tert-OH is 4. The van der Waals surface area contributed by atoms with Crippen LogP contribution in [0.4, 0.5) is 11.4 Å². The van der Waals surface area contributed by atoms with Crippen molar-refractivity contribution in [1.82, 2.24) is 10.6 Å². The van der Waals surface area contributed by atoms with Crippen molar-refractivity contribution < 1.29 is 56.0 Å². The third-order valence-electron chi connectivity index (χ3n) is 11.4. The number of nitrogens with one attached hydrogen (secondary N) is 2. The summed E-state index contributed by atoms with van der Waals surface area (Å²) in [6.45, 7) is 8.31. The number of allylic oxidation sites excluding steroid dienone is 7. The van der Waals surface area contributed by atoms with E-state index in [4.69, 9.17) is 10.2 Å². The Kier molecular flexibility index (Phi) is 18.3. The minimum atomic E-state index is -4.10. The lowest BCUT2D eigenvalue weighted by atomic mass is 9.79. The highest BCUT2D eigenvalue weighted by molar-refractivity contribution is 7.86. The van der Waals surface area contributed by atoms with Crippen molar-refractivity contribution in [2.24, 2.45) is 0 Å². The van der Waals surface area contributed by atoms with Crippen LogP contribution in [0.5, 0.6) is 0 Å². The van der Waals surface area contributed by atoms with Crippen LogP contribution in [0, 0.1) is 0 Å². The van der Waals surface area contributed by atoms with Crippen LogP contribution in [0.3, 0.4) is 0 Å². The van der Waals surface area contributed by atoms with Gasteiger partial charge in [-0.3, -0.25) is 18.7 Å². The standard InChI is InChI=1S/C45H64N4O12S2/c1-44(2)36-24-32(26-42(54)46-28-34(52)30-50)16-18-38(36)48(20-10-12-22-62(56,57)58)40(44)14-8-6-5-7-9-15-41-45(3,4)37-25-33(27-43(55)47-29-35(53)31-51)17-19-39(37)49(41)21-11-13-23-63(59,60)61/h5-9,14-19,24-25,34-35,40,50-53H,10-13,20-23,26-31H2,1-4H3,(H,46,54)(H,47,55)(H,56,57,58)(H,59,60,61). The molecular weight excluding hydrogens is 853 g/mol. The summed E-state index contributed by atoms with van der Waals surface area (Å²) in [7, 11) is -8.20. The predicted octanol–water partition coefficient (Wildman–Crippen LogP) is 2.86. The molecule has 0 saturated heterocycles. The molecule has 3 atom stereocenters. The van der Waals surface area contributed by atoms with Gasteiger partial charge in [0.15, 0.2) is 0 Å². The lowest BCUT2D eigenvalue weighted by Crippen LogP contribution is -2.40. The molecule has 2 aromatic rings. The zero-order chi connectivity index (χ0) is 46.6. The van der Waals surface area contributed by atoms with Gasteiger partial charge in [-0.2, -0.15) is 16.8 Å². The van der Waals surface area contributed by atoms with E-state index in [9.17, 15) is 45.7 Å². The van der Waals surface area contributed by atoms with Crippen molar-refractivity contribution in [2.75, 3.05) is 60.7 Å². The number of nitrogens with zero attached hydrogens (tertiary/aromatic N) is 2. The monoisotopic (exact) mass is 916 g/mol. The van der Waals surface area contributed by atoms with Gasteiger partial charge in [-0.25, -0.2) is 0 Å². The van der Waals surface area contributed by atoms with Gasteiger partial charge >= 0.3 is 0 Å². The fourth-order valence-corrected chi connectivity index (χ4v) is 9.19. The van der Waals surface area contributed by atoms with Gasteiger partial charge in [-0.05, 0) is 66.1 Å². The first-order valence-electron chi connectivity index (χ1n) is 21.1. The molecule has 0 fully saturated rings. The van der Waals surface area contributed by atoms with Crippen LogP contribution in [0.1, 0.15) is 75.6 Å². The molecular formula is C45H64N4O12S2. The van der Waals surface area contributed by atoms with Crippen molar-refractivity contribution in [2.45, 2.75) is 95.3 Å². The molecule has 2 heterocycles. The van der Waals surface area contributed by atoms with Crippen LogP contribution in [-0.4, -0.2) is 127 Å². The average Bonchev–Trinajstić information content (AvgIpc) is 3.55. The summed E-state index contributed by atoms with van der Waals surface area (Å²) >= 11 is 0. The van der Waals surface area contributed by atoms with E-state index in [1.807, 2.05) is 72.9 Å². The number of carbonyl (C=O) groups is 2. The van der Waals surface area contributed by atoms with Crippen LogP contribution >= 0.6 is 0 Å². The number of rotatable bonds is 24. The van der Waals surface area contributed by atoms with E-state index < -0.39 is 56.5 Å². The molecule has 3 unspecified atom stereocenters. The molecule has 8 N–H and O–H groups in total. The highest BCUT2D eigenvalue weighted by atomic mass is 32.2. The maximum Gasteiger partial charge on any atom is 0.264 e. The van der Waals surface area contributed by atoms with E-state index in [2.05, 4.69) is 54.2 Å². The molecule has 0 spiro atoms. The number of benzene rings is 2. The van der Waals surface area contributed by atoms with Gasteiger partial charge in [0.2, 0.25) is 11.8 Å². The maximum atomic E-state index is 12.6. The molecule has 18 heteroatoms. The van der Waals surface area contributed by atoms with E-state index in [-0.39, 0.29) is 68.1 Å². The normalized spacial score (nSPS) is 18.7. The number of unbranched alkanes of at least 4 members (excludes halogenated alkanes) is 2. The summed E-state index contributed by atoms with van der Waals surface area (Å²) < 4.78 is 64.2. The molecule has 0 aromatic heterocycles. The highest BCUT2D eigenvalue weighted by Gasteiger charge is 2.43. The van der Waals surface area contributed by atoms with Gasteiger partial charge < -0.3 is 40.9 Å². The zero-order valence-electron chi connectivity index (χ0n) is 36.5. The van der Waals surface area contributed by atoms with Gasteiger partial charge in [0, 0.05) is 54.1 Å². The van der Waals surface area contributed by atoms with Crippen LogP contribution in [0.15, 0.2) is 84.6 Å². The first-order chi connectivity index (χ1) is 29.6. The third-order valence-corrected chi connectivity index (χ3v) is 13.0. The SMILES string of the molecule is CC1(C)C(=CC=CC=CC=CC2N(CCCCS(=O)(=O)O)c3ccc(CC(=O)NCC(O)CO)cc3C2(C)C)N(CCCCS(=O)(=O)O)c2ccc(CC(=O)NCC(O)CO)cc21. The minimum Gasteiger partial charge on any atom is -0.394 e. The Bertz CT molecular complexity index is 2250. The average molecular weight is 917 g/mol. The minimum absolute atomic E-state index is 0.0614. The molecule has 348 valence electrons. The van der Waals surface area contributed by atoms with Gasteiger partial charge in [0.25, 0.3) is 20.2 Å². The number of carbonyl (C=O) groups excluding carboxylic acids is 2. The summed E-state index contributed by atoms with van der Waals surface area (Å²) in [5.41, 5.74) is 5.42. The van der Waals surface area contributed by atoms with E-state index >= 15 is 0 Å². The predicted molar refractivity (Wildman–Crippen MR) is 244 cm³/mol. The summed E-state index contributed by atoms with van der Waals surface area (Å²) in [5.74, 6) is -1.27. The lowest BCUT2D eigenvalue weighted by Gasteiger charge is -2.32.